The van der Waals surface area contributed by atoms with Gasteiger partial charge in [0.05, 0.1) is 11.4 Å². The fourth-order valence-electron chi connectivity index (χ4n) is 13.6. The molecule has 0 spiro atoms. The van der Waals surface area contributed by atoms with E-state index in [1.807, 2.05) is 0 Å². The molecule has 9 aromatic rings. The molecule has 2 aliphatic heterocycles. The van der Waals surface area contributed by atoms with Crippen molar-refractivity contribution in [1.29, 1.82) is 0 Å². The summed E-state index contributed by atoms with van der Waals surface area (Å²) >= 11 is 0. The van der Waals surface area contributed by atoms with E-state index in [0.717, 1.165) is 29.8 Å². The summed E-state index contributed by atoms with van der Waals surface area (Å²) in [6.07, 6.45) is 2.28. The molecule has 0 unspecified atom stereocenters. The van der Waals surface area contributed by atoms with E-state index in [1.54, 1.807) is 0 Å². The molecule has 0 saturated carbocycles. The molecule has 4 heteroatoms. The van der Waals surface area contributed by atoms with E-state index in [2.05, 4.69) is 235 Å². The van der Waals surface area contributed by atoms with Gasteiger partial charge in [-0.15, -0.1) is 0 Å². The fraction of sp³-hybridized carbons (Fsp3) is 0.343. The molecule has 13 rings (SSSR count). The Bertz CT molecular complexity index is 3790. The Balaban J connectivity index is 1.27. The van der Waals surface area contributed by atoms with Crippen molar-refractivity contribution in [3.8, 4) is 33.4 Å². The van der Waals surface area contributed by atoms with Gasteiger partial charge < -0.3 is 13.8 Å². The number of fused-ring (bicyclic) bond motifs is 14. The molecule has 4 aliphatic rings. The van der Waals surface area contributed by atoms with Crippen LogP contribution in [0.1, 0.15) is 156 Å². The van der Waals surface area contributed by atoms with Crippen LogP contribution in [0.15, 0.2) is 126 Å². The lowest BCUT2D eigenvalue weighted by atomic mass is 9.46. The Hall–Kier alpha value is -6.26. The maximum absolute atomic E-state index is 7.83. The number of nitrogens with zero attached hydrogens (tertiary/aromatic N) is 2. The van der Waals surface area contributed by atoms with Crippen molar-refractivity contribution in [2.45, 2.75) is 149 Å². The first-order valence-corrected chi connectivity index (χ1v) is 26.4. The molecule has 0 fully saturated rings. The van der Waals surface area contributed by atoms with Gasteiger partial charge in [-0.3, -0.25) is 0 Å². The Morgan fingerprint density at radius 1 is 0.507 bits per heavy atom. The van der Waals surface area contributed by atoms with E-state index in [9.17, 15) is 0 Å². The highest BCUT2D eigenvalue weighted by Gasteiger charge is 2.52. The average Bonchev–Trinajstić information content (AvgIpc) is 3.93. The lowest BCUT2D eigenvalue weighted by Crippen LogP contribution is -2.56. The van der Waals surface area contributed by atoms with E-state index >= 15 is 0 Å². The molecule has 0 amide bonds. The third-order valence-electron chi connectivity index (χ3n) is 17.9. The van der Waals surface area contributed by atoms with Crippen LogP contribution in [-0.2, 0) is 32.5 Å². The van der Waals surface area contributed by atoms with Gasteiger partial charge in [-0.1, -0.05) is 171 Å². The summed E-state index contributed by atoms with van der Waals surface area (Å²) in [5.41, 5.74) is 26.5. The fourth-order valence-corrected chi connectivity index (χ4v) is 13.6. The molecule has 0 saturated heterocycles. The first-order valence-electron chi connectivity index (χ1n) is 26.4. The first kappa shape index (κ1) is 44.7. The van der Waals surface area contributed by atoms with E-state index < -0.39 is 0 Å². The number of benzene rings is 7. The smallest absolute Gasteiger partial charge is 0.375 e. The molecule has 7 aromatic carbocycles. The summed E-state index contributed by atoms with van der Waals surface area (Å²) in [4.78, 5) is 2.67. The normalized spacial score (nSPS) is 17.1. The molecule has 71 heavy (non-hydrogen) atoms. The summed E-state index contributed by atoms with van der Waals surface area (Å²) in [7, 11) is 0. The predicted octanol–water partition coefficient (Wildman–Crippen LogP) is 17.2. The van der Waals surface area contributed by atoms with Gasteiger partial charge in [-0.2, -0.15) is 0 Å². The monoisotopic (exact) mass is 929 g/mol. The molecule has 2 aliphatic carbocycles. The first-order chi connectivity index (χ1) is 33.4. The van der Waals surface area contributed by atoms with E-state index in [4.69, 9.17) is 4.42 Å². The second kappa shape index (κ2) is 14.0. The highest BCUT2D eigenvalue weighted by Crippen LogP contribution is 2.59. The van der Waals surface area contributed by atoms with Crippen molar-refractivity contribution < 1.29 is 4.42 Å². The van der Waals surface area contributed by atoms with Crippen molar-refractivity contribution in [2.24, 2.45) is 0 Å². The molecule has 356 valence electrons. The van der Waals surface area contributed by atoms with E-state index in [1.165, 1.54) is 116 Å². The summed E-state index contributed by atoms with van der Waals surface area (Å²) in [6.45, 7) is 35.7. The number of hydrogen-bond donors (Lipinski definition) is 0. The third-order valence-corrected chi connectivity index (χ3v) is 17.9. The Morgan fingerprint density at radius 2 is 1.11 bits per heavy atom. The van der Waals surface area contributed by atoms with Crippen molar-refractivity contribution in [2.75, 3.05) is 4.90 Å². The van der Waals surface area contributed by atoms with Crippen LogP contribution >= 0.6 is 0 Å². The maximum Gasteiger partial charge on any atom is 0.375 e. The molecule has 2 aromatic heterocycles. The topological polar surface area (TPSA) is 21.3 Å². The molecule has 4 heterocycles. The van der Waals surface area contributed by atoms with Gasteiger partial charge in [0, 0.05) is 49.4 Å². The van der Waals surface area contributed by atoms with Crippen molar-refractivity contribution in [1.82, 2.24) is 4.48 Å². The van der Waals surface area contributed by atoms with Crippen LogP contribution in [-0.4, -0.2) is 11.3 Å². The van der Waals surface area contributed by atoms with E-state index in [-0.39, 0.29) is 39.3 Å². The average molecular weight is 929 g/mol. The summed E-state index contributed by atoms with van der Waals surface area (Å²) in [5, 5.41) is 3.83. The Labute approximate surface area is 422 Å². The van der Waals surface area contributed by atoms with Gasteiger partial charge in [-0.05, 0) is 161 Å². The van der Waals surface area contributed by atoms with Crippen LogP contribution in [0.3, 0.4) is 0 Å². The molecular formula is C67H69BN2O. The summed E-state index contributed by atoms with van der Waals surface area (Å²) < 4.78 is 10.6. The van der Waals surface area contributed by atoms with Gasteiger partial charge >= 0.3 is 6.85 Å². The number of furan rings is 1. The molecule has 3 nitrogen and oxygen atoms in total. The lowest BCUT2D eigenvalue weighted by molar-refractivity contribution is 0.332. The Morgan fingerprint density at radius 3 is 1.80 bits per heavy atom. The SMILES string of the molecule is CC(C)(C)c1ccc(N2c3cc4c(c5c3B(c3oc6cc7c(cc6c32)C(C)(C)CCC7(C)C)n2c3ccc(C(C)(C)C)cc3c3cc(C(C)(C)C)cc-5c32)C(C)(C)c2ccccc2-4)c(-c2ccccc2)c1. The third kappa shape index (κ3) is 6.09. The minimum absolute atomic E-state index is 0.00946. The molecule has 0 bridgehead atoms. The number of rotatable bonds is 2. The van der Waals surface area contributed by atoms with Crippen LogP contribution in [0, 0.1) is 0 Å². The van der Waals surface area contributed by atoms with Crippen LogP contribution in [0.25, 0.3) is 66.2 Å². The van der Waals surface area contributed by atoms with Crippen molar-refractivity contribution in [3.63, 3.8) is 0 Å². The number of hydrogen-bond acceptors (Lipinski definition) is 2. The van der Waals surface area contributed by atoms with Crippen LogP contribution in [0.2, 0.25) is 0 Å². The number of aromatic nitrogens is 1. The van der Waals surface area contributed by atoms with Crippen LogP contribution in [0.5, 0.6) is 0 Å². The zero-order chi connectivity index (χ0) is 49.9. The second-order valence-corrected chi connectivity index (χ2v) is 26.9. The van der Waals surface area contributed by atoms with Gasteiger partial charge in [0.2, 0.25) is 0 Å². The van der Waals surface area contributed by atoms with Crippen LogP contribution in [0.4, 0.5) is 17.1 Å². The zero-order valence-electron chi connectivity index (χ0n) is 44.8. The van der Waals surface area contributed by atoms with Gasteiger partial charge in [0.15, 0.2) is 0 Å². The molecular weight excluding hydrogens is 860 g/mol. The molecule has 0 N–H and O–H groups in total. The summed E-state index contributed by atoms with van der Waals surface area (Å²) in [5.74, 6) is 0. The lowest BCUT2D eigenvalue weighted by Gasteiger charge is -2.42. The Kier molecular flexibility index (Phi) is 8.83. The highest BCUT2D eigenvalue weighted by molar-refractivity contribution is 6.89. The van der Waals surface area contributed by atoms with Crippen molar-refractivity contribution in [3.05, 3.63) is 160 Å². The maximum atomic E-state index is 7.83. The largest absolute Gasteiger partial charge is 0.466 e. The second-order valence-electron chi connectivity index (χ2n) is 26.9. The van der Waals surface area contributed by atoms with Crippen molar-refractivity contribution >= 4 is 67.8 Å². The van der Waals surface area contributed by atoms with Gasteiger partial charge in [0.1, 0.15) is 11.2 Å². The quantitative estimate of drug-likeness (QED) is 0.161. The molecule has 0 radical (unpaired) electrons. The van der Waals surface area contributed by atoms with Crippen LogP contribution < -0.4 is 16.0 Å². The zero-order valence-corrected chi connectivity index (χ0v) is 44.8. The standard InChI is InChI=1S/C67H69BN2O/c1-62(2,3)39-25-27-52(43(31-39)38-21-17-16-18-22-38)69-54-36-45-42-23-19-20-24-49(42)67(14,15)57(45)56-48-34-41(64(7,8)9)33-46-44-32-40(63(4,5)6)26-28-53(44)70(59(46)48)68(58(54)56)61-60(69)47-35-50-51(37-55(47)71-61)66(12,13)30-29-65(50,10)11/h16-28,31-37H,29-30H2,1-15H3. The summed E-state index contributed by atoms with van der Waals surface area (Å²) in [6, 6.07) is 47.7. The number of anilines is 3. The minimum Gasteiger partial charge on any atom is -0.466 e. The highest BCUT2D eigenvalue weighted by atomic mass is 16.3. The predicted molar refractivity (Wildman–Crippen MR) is 304 cm³/mol. The van der Waals surface area contributed by atoms with E-state index in [0.29, 0.717) is 0 Å². The minimum atomic E-state index is -0.267. The van der Waals surface area contributed by atoms with Gasteiger partial charge in [-0.25, -0.2) is 0 Å². The molecule has 0 atom stereocenters. The van der Waals surface area contributed by atoms with Gasteiger partial charge in [0.25, 0.3) is 0 Å².